The normalized spacial score (nSPS) is 12.5. The van der Waals surface area contributed by atoms with Crippen LogP contribution in [-0.4, -0.2) is 36.6 Å². The number of thiophene rings is 1. The number of rotatable bonds is 6. The van der Waals surface area contributed by atoms with Crippen molar-refractivity contribution in [1.29, 1.82) is 0 Å². The van der Waals surface area contributed by atoms with Gasteiger partial charge in [0.05, 0.1) is 24.2 Å². The van der Waals surface area contributed by atoms with Crippen molar-refractivity contribution in [3.05, 3.63) is 69.3 Å². The zero-order valence-corrected chi connectivity index (χ0v) is 17.9. The van der Waals surface area contributed by atoms with E-state index in [1.165, 1.54) is 30.3 Å². The van der Waals surface area contributed by atoms with Gasteiger partial charge in [-0.1, -0.05) is 12.1 Å². The summed E-state index contributed by atoms with van der Waals surface area (Å²) < 4.78 is 29.1. The molecule has 2 heterocycles. The molecule has 1 aliphatic heterocycles. The van der Waals surface area contributed by atoms with E-state index in [4.69, 9.17) is 14.2 Å². The van der Waals surface area contributed by atoms with Crippen molar-refractivity contribution in [3.8, 4) is 21.9 Å². The summed E-state index contributed by atoms with van der Waals surface area (Å²) in [5.74, 6) is -1.35. The Morgan fingerprint density at radius 3 is 2.48 bits per heavy atom. The molecule has 0 bridgehead atoms. The summed E-state index contributed by atoms with van der Waals surface area (Å²) in [5.41, 5.74) is 0.265. The lowest BCUT2D eigenvalue weighted by Crippen LogP contribution is -2.21. The molecule has 1 N–H and O–H groups in total. The highest BCUT2D eigenvalue weighted by molar-refractivity contribution is 7.17. The van der Waals surface area contributed by atoms with E-state index in [2.05, 4.69) is 5.32 Å². The minimum Gasteiger partial charge on any atom is -0.489 e. The van der Waals surface area contributed by atoms with Crippen LogP contribution in [0.3, 0.4) is 0 Å². The quantitative estimate of drug-likeness (QED) is 0.321. The maximum absolute atomic E-state index is 13.1. The molecule has 0 radical (unpaired) electrons. The highest BCUT2D eigenvalue weighted by Gasteiger charge is 2.23. The van der Waals surface area contributed by atoms with Gasteiger partial charge in [-0.05, 0) is 29.8 Å². The topological polar surface area (TPSA) is 117 Å². The number of carbonyl (C=O) groups is 2. The molecule has 0 spiro atoms. The van der Waals surface area contributed by atoms with Crippen molar-refractivity contribution in [2.24, 2.45) is 0 Å². The Morgan fingerprint density at radius 2 is 1.79 bits per heavy atom. The fourth-order valence-corrected chi connectivity index (χ4v) is 3.96. The van der Waals surface area contributed by atoms with Crippen LogP contribution >= 0.6 is 11.3 Å². The van der Waals surface area contributed by atoms with Crippen molar-refractivity contribution < 1.29 is 33.1 Å². The summed E-state index contributed by atoms with van der Waals surface area (Å²) in [6.07, 6.45) is 0.617. The summed E-state index contributed by atoms with van der Waals surface area (Å²) in [6, 6.07) is 11.5. The lowest BCUT2D eigenvalue weighted by atomic mass is 10.2. The molecule has 0 atom stereocenters. The van der Waals surface area contributed by atoms with Gasteiger partial charge in [0, 0.05) is 17.4 Å². The van der Waals surface area contributed by atoms with E-state index < -0.39 is 23.4 Å². The summed E-state index contributed by atoms with van der Waals surface area (Å²) in [6.45, 7) is 0.0855. The van der Waals surface area contributed by atoms with E-state index in [0.717, 1.165) is 21.8 Å². The average molecular weight is 472 g/mol. The second-order valence-corrected chi connectivity index (χ2v) is 8.00. The van der Waals surface area contributed by atoms with E-state index in [9.17, 15) is 24.1 Å². The third-order valence-corrected chi connectivity index (χ3v) is 5.72. The second-order valence-electron chi connectivity index (χ2n) is 6.92. The monoisotopic (exact) mass is 472 g/mol. The smallest absolute Gasteiger partial charge is 0.348 e. The van der Waals surface area contributed by atoms with E-state index in [1.807, 2.05) is 0 Å². The maximum Gasteiger partial charge on any atom is 0.348 e. The van der Waals surface area contributed by atoms with Gasteiger partial charge in [0.2, 0.25) is 0 Å². The van der Waals surface area contributed by atoms with Gasteiger partial charge >= 0.3 is 5.97 Å². The predicted molar refractivity (Wildman–Crippen MR) is 117 cm³/mol. The van der Waals surface area contributed by atoms with Crippen molar-refractivity contribution in [2.45, 2.75) is 6.42 Å². The SMILES string of the molecule is O=C(COC(=O)c1ccc(-c2ccc(F)cc2)s1)Nc1cc2c(cc1[N+](=O)[O-])OCCCO2. The van der Waals surface area contributed by atoms with Crippen LogP contribution in [0.2, 0.25) is 0 Å². The number of hydrogen-bond acceptors (Lipinski definition) is 8. The molecule has 2 aromatic carbocycles. The molecular formula is C22H17FN2O7S. The van der Waals surface area contributed by atoms with Gasteiger partial charge in [0.25, 0.3) is 11.6 Å². The Bertz CT molecular complexity index is 1210. The van der Waals surface area contributed by atoms with E-state index in [0.29, 0.717) is 19.6 Å². The Hall–Kier alpha value is -3.99. The van der Waals surface area contributed by atoms with Crippen LogP contribution in [0.15, 0.2) is 48.5 Å². The zero-order valence-electron chi connectivity index (χ0n) is 17.0. The molecule has 0 saturated carbocycles. The molecule has 1 aromatic heterocycles. The Labute approximate surface area is 190 Å². The van der Waals surface area contributed by atoms with Gasteiger partial charge in [0.15, 0.2) is 18.1 Å². The van der Waals surface area contributed by atoms with Crippen LogP contribution in [0, 0.1) is 15.9 Å². The lowest BCUT2D eigenvalue weighted by molar-refractivity contribution is -0.384. The minimum absolute atomic E-state index is 0.0972. The van der Waals surface area contributed by atoms with E-state index >= 15 is 0 Å². The van der Waals surface area contributed by atoms with Gasteiger partial charge < -0.3 is 19.5 Å². The number of nitro groups is 1. The number of fused-ring (bicyclic) bond motifs is 1. The Kier molecular flexibility index (Phi) is 6.50. The Morgan fingerprint density at radius 1 is 1.09 bits per heavy atom. The van der Waals surface area contributed by atoms with Gasteiger partial charge in [-0.3, -0.25) is 14.9 Å². The first-order valence-electron chi connectivity index (χ1n) is 9.81. The van der Waals surface area contributed by atoms with Crippen molar-refractivity contribution in [2.75, 3.05) is 25.1 Å². The van der Waals surface area contributed by atoms with Crippen LogP contribution < -0.4 is 14.8 Å². The van der Waals surface area contributed by atoms with Crippen LogP contribution in [0.1, 0.15) is 16.1 Å². The highest BCUT2D eigenvalue weighted by Crippen LogP contribution is 2.39. The van der Waals surface area contributed by atoms with E-state index in [-0.39, 0.29) is 33.6 Å². The van der Waals surface area contributed by atoms with Gasteiger partial charge in [-0.2, -0.15) is 0 Å². The second kappa shape index (κ2) is 9.65. The van der Waals surface area contributed by atoms with Crippen LogP contribution in [0.5, 0.6) is 11.5 Å². The molecule has 4 rings (SSSR count). The lowest BCUT2D eigenvalue weighted by Gasteiger charge is -2.11. The first kappa shape index (κ1) is 22.2. The van der Waals surface area contributed by atoms with Crippen molar-refractivity contribution in [1.82, 2.24) is 0 Å². The van der Waals surface area contributed by atoms with Gasteiger partial charge in [0.1, 0.15) is 16.4 Å². The number of nitrogens with one attached hydrogen (secondary N) is 1. The first-order valence-corrected chi connectivity index (χ1v) is 10.6. The third-order valence-electron chi connectivity index (χ3n) is 4.61. The number of amides is 1. The number of nitrogens with zero attached hydrogens (tertiary/aromatic N) is 1. The number of anilines is 1. The first-order chi connectivity index (χ1) is 15.9. The third kappa shape index (κ3) is 5.26. The van der Waals surface area contributed by atoms with Crippen LogP contribution in [-0.2, 0) is 9.53 Å². The highest BCUT2D eigenvalue weighted by atomic mass is 32.1. The fraction of sp³-hybridized carbons (Fsp3) is 0.182. The maximum atomic E-state index is 13.1. The molecule has 0 fully saturated rings. The van der Waals surface area contributed by atoms with Crippen molar-refractivity contribution >= 4 is 34.6 Å². The number of nitro benzene ring substituents is 1. The number of ether oxygens (including phenoxy) is 3. The fourth-order valence-electron chi connectivity index (χ4n) is 3.05. The molecule has 0 unspecified atom stereocenters. The molecule has 1 aliphatic rings. The van der Waals surface area contributed by atoms with Crippen LogP contribution in [0.4, 0.5) is 15.8 Å². The molecule has 11 heteroatoms. The van der Waals surface area contributed by atoms with Gasteiger partial charge in [-0.25, -0.2) is 9.18 Å². The molecule has 33 heavy (non-hydrogen) atoms. The summed E-state index contributed by atoms with van der Waals surface area (Å²) in [7, 11) is 0. The molecule has 0 aliphatic carbocycles. The Balaban J connectivity index is 1.40. The number of halogens is 1. The minimum atomic E-state index is -0.753. The number of benzene rings is 2. The molecular weight excluding hydrogens is 455 g/mol. The summed E-state index contributed by atoms with van der Waals surface area (Å²) in [5, 5.41) is 13.8. The largest absolute Gasteiger partial charge is 0.489 e. The summed E-state index contributed by atoms with van der Waals surface area (Å²) in [4.78, 5) is 36.4. The molecule has 170 valence electrons. The van der Waals surface area contributed by atoms with Gasteiger partial charge in [-0.15, -0.1) is 11.3 Å². The predicted octanol–water partition coefficient (Wildman–Crippen LogP) is 4.42. The standard InChI is InChI=1S/C22H17FN2O7S/c23-14-4-2-13(3-5-14)19-6-7-20(33-19)22(27)32-12-21(26)24-15-10-17-18(11-16(15)25(28)29)31-9-1-8-30-17/h2-7,10-11H,1,8-9,12H2,(H,24,26). The molecule has 3 aromatic rings. The number of esters is 1. The average Bonchev–Trinajstić information content (AvgIpc) is 3.17. The molecule has 0 saturated heterocycles. The zero-order chi connectivity index (χ0) is 23.4. The summed E-state index contributed by atoms with van der Waals surface area (Å²) >= 11 is 1.13. The van der Waals surface area contributed by atoms with Crippen molar-refractivity contribution in [3.63, 3.8) is 0 Å². The van der Waals surface area contributed by atoms with Crippen LogP contribution in [0.25, 0.3) is 10.4 Å². The van der Waals surface area contributed by atoms with E-state index in [1.54, 1.807) is 18.2 Å². The number of hydrogen-bond donors (Lipinski definition) is 1. The molecule has 9 nitrogen and oxygen atoms in total. The number of carbonyl (C=O) groups excluding carboxylic acids is 2. The molecule has 1 amide bonds.